The summed E-state index contributed by atoms with van der Waals surface area (Å²) in [6.07, 6.45) is 0. The van der Waals surface area contributed by atoms with E-state index >= 15 is 0 Å². The molecule has 12 aromatic rings. The molecule has 0 N–H and O–H groups in total. The molecule has 0 saturated heterocycles. The molecule has 0 aliphatic carbocycles. The SMILES string of the molecule is c1ccc(-c2cccc(-c3nc(-c4ccccc4)nc(-n4c5ccccc5c5ccc6c7ccccc7n(-c7ccccc7-c7cccc(-c8ccccc8)n7)c6c54)n3)c2)cc1. The van der Waals surface area contributed by atoms with Crippen LogP contribution in [-0.2, 0) is 0 Å². The summed E-state index contributed by atoms with van der Waals surface area (Å²) in [5.74, 6) is 1.74. The maximum absolute atomic E-state index is 5.39. The fraction of sp³-hybridized carbons (Fsp3) is 0. The van der Waals surface area contributed by atoms with E-state index in [9.17, 15) is 0 Å². The molecule has 6 heteroatoms. The van der Waals surface area contributed by atoms with E-state index in [4.69, 9.17) is 19.9 Å². The van der Waals surface area contributed by atoms with E-state index in [1.165, 1.54) is 0 Å². The van der Waals surface area contributed by atoms with Crippen molar-refractivity contribution in [1.29, 1.82) is 0 Å². The van der Waals surface area contributed by atoms with Crippen molar-refractivity contribution in [2.45, 2.75) is 0 Å². The Bertz CT molecular complexity index is 3630. The van der Waals surface area contributed by atoms with E-state index < -0.39 is 0 Å². The summed E-state index contributed by atoms with van der Waals surface area (Å²) in [5, 5.41) is 4.50. The predicted octanol–water partition coefficient (Wildman–Crippen LogP) is 13.8. The van der Waals surface area contributed by atoms with Gasteiger partial charge in [-0.1, -0.05) is 182 Å². The van der Waals surface area contributed by atoms with Gasteiger partial charge in [-0.2, -0.15) is 9.97 Å². The van der Waals surface area contributed by atoms with E-state index in [1.54, 1.807) is 0 Å². The first-order valence-corrected chi connectivity index (χ1v) is 20.8. The monoisotopic (exact) mass is 792 g/mol. The average Bonchev–Trinajstić information content (AvgIpc) is 3.88. The van der Waals surface area contributed by atoms with Gasteiger partial charge in [0.1, 0.15) is 0 Å². The number of rotatable bonds is 7. The van der Waals surface area contributed by atoms with E-state index in [0.29, 0.717) is 17.6 Å². The summed E-state index contributed by atoms with van der Waals surface area (Å²) < 4.78 is 4.66. The van der Waals surface area contributed by atoms with Crippen LogP contribution in [-0.4, -0.2) is 29.1 Å². The van der Waals surface area contributed by atoms with Crippen molar-refractivity contribution in [3.8, 4) is 68.1 Å². The van der Waals surface area contributed by atoms with Gasteiger partial charge in [0.05, 0.1) is 39.1 Å². The third-order valence-electron chi connectivity index (χ3n) is 11.8. The Morgan fingerprint density at radius 2 is 0.790 bits per heavy atom. The van der Waals surface area contributed by atoms with Crippen molar-refractivity contribution in [1.82, 2.24) is 29.1 Å². The number of para-hydroxylation sites is 3. The second-order valence-corrected chi connectivity index (χ2v) is 15.4. The van der Waals surface area contributed by atoms with Gasteiger partial charge < -0.3 is 4.57 Å². The minimum Gasteiger partial charge on any atom is -0.306 e. The highest BCUT2D eigenvalue weighted by Crippen LogP contribution is 2.43. The fourth-order valence-electron chi connectivity index (χ4n) is 8.98. The minimum atomic E-state index is 0.542. The second-order valence-electron chi connectivity index (χ2n) is 15.4. The van der Waals surface area contributed by atoms with Crippen LogP contribution in [0.5, 0.6) is 0 Å². The lowest BCUT2D eigenvalue weighted by atomic mass is 10.0. The van der Waals surface area contributed by atoms with Crippen LogP contribution in [0.25, 0.3) is 112 Å². The van der Waals surface area contributed by atoms with Crippen LogP contribution in [0.2, 0.25) is 0 Å². The molecule has 0 atom stereocenters. The smallest absolute Gasteiger partial charge is 0.238 e. The number of hydrogen-bond donors (Lipinski definition) is 0. The summed E-state index contributed by atoms with van der Waals surface area (Å²) in [4.78, 5) is 21.2. The van der Waals surface area contributed by atoms with Gasteiger partial charge in [0.25, 0.3) is 0 Å². The highest BCUT2D eigenvalue weighted by atomic mass is 15.2. The van der Waals surface area contributed by atoms with Crippen molar-refractivity contribution < 1.29 is 0 Å². The Hall–Kier alpha value is -8.48. The van der Waals surface area contributed by atoms with Crippen LogP contribution < -0.4 is 0 Å². The lowest BCUT2D eigenvalue weighted by Gasteiger charge is -2.16. The lowest BCUT2D eigenvalue weighted by Crippen LogP contribution is -2.07. The summed E-state index contributed by atoms with van der Waals surface area (Å²) in [6.45, 7) is 0. The standard InChI is InChI=1S/C56H36N6/c1-4-18-37(19-5-1)40-24-16-25-41(36-40)55-58-54(39-22-8-3-9-23-39)59-56(60-55)62-50-32-14-11-27-43(50)45-35-34-44-42-26-10-13-31-49(42)61(52(44)53(45)62)51-33-15-12-28-46(51)48-30-17-29-47(57-48)38-20-6-2-7-21-38/h1-36H. The molecule has 8 aromatic carbocycles. The van der Waals surface area contributed by atoms with Gasteiger partial charge >= 0.3 is 0 Å². The largest absolute Gasteiger partial charge is 0.306 e. The van der Waals surface area contributed by atoms with Crippen molar-refractivity contribution in [2.75, 3.05) is 0 Å². The Morgan fingerprint density at radius 1 is 0.290 bits per heavy atom. The summed E-state index contributed by atoms with van der Waals surface area (Å²) >= 11 is 0. The highest BCUT2D eigenvalue weighted by Gasteiger charge is 2.24. The van der Waals surface area contributed by atoms with Crippen molar-refractivity contribution in [2.24, 2.45) is 0 Å². The molecule has 4 aromatic heterocycles. The first-order valence-electron chi connectivity index (χ1n) is 20.8. The molecule has 6 nitrogen and oxygen atoms in total. The van der Waals surface area contributed by atoms with E-state index in [-0.39, 0.29) is 0 Å². The molecule has 0 unspecified atom stereocenters. The molecule has 0 fully saturated rings. The Balaban J connectivity index is 1.17. The zero-order valence-corrected chi connectivity index (χ0v) is 33.5. The van der Waals surface area contributed by atoms with Gasteiger partial charge in [-0.3, -0.25) is 4.57 Å². The Kier molecular flexibility index (Phi) is 8.38. The molecule has 0 saturated carbocycles. The maximum atomic E-state index is 5.39. The molecule has 0 aliphatic rings. The second kappa shape index (κ2) is 14.7. The van der Waals surface area contributed by atoms with Gasteiger partial charge in [0.2, 0.25) is 5.95 Å². The number of fused-ring (bicyclic) bond motifs is 7. The average molecular weight is 793 g/mol. The van der Waals surface area contributed by atoms with Crippen LogP contribution in [0.4, 0.5) is 0 Å². The summed E-state index contributed by atoms with van der Waals surface area (Å²) in [7, 11) is 0. The van der Waals surface area contributed by atoms with Crippen molar-refractivity contribution >= 4 is 43.6 Å². The molecule has 290 valence electrons. The van der Waals surface area contributed by atoms with Gasteiger partial charge in [-0.05, 0) is 47.5 Å². The molecular formula is C56H36N6. The summed E-state index contributed by atoms with van der Waals surface area (Å²) in [5.41, 5.74) is 13.2. The number of hydrogen-bond acceptors (Lipinski definition) is 4. The van der Waals surface area contributed by atoms with Crippen LogP contribution in [0.3, 0.4) is 0 Å². The molecule has 4 heterocycles. The zero-order chi connectivity index (χ0) is 41.0. The topological polar surface area (TPSA) is 61.4 Å². The summed E-state index contributed by atoms with van der Waals surface area (Å²) in [6, 6.07) is 76.1. The van der Waals surface area contributed by atoms with Gasteiger partial charge in [-0.15, -0.1) is 0 Å². The van der Waals surface area contributed by atoms with Gasteiger partial charge in [-0.25, -0.2) is 9.97 Å². The first kappa shape index (κ1) is 35.5. The third-order valence-corrected chi connectivity index (χ3v) is 11.8. The number of benzene rings is 8. The number of aromatic nitrogens is 6. The van der Waals surface area contributed by atoms with E-state index in [1.807, 2.05) is 30.3 Å². The molecule has 0 amide bonds. The van der Waals surface area contributed by atoms with Crippen LogP contribution in [0.1, 0.15) is 0 Å². The first-order chi connectivity index (χ1) is 30.8. The molecular weight excluding hydrogens is 757 g/mol. The molecule has 0 spiro atoms. The van der Waals surface area contributed by atoms with Crippen LogP contribution in [0.15, 0.2) is 218 Å². The number of pyridine rings is 1. The van der Waals surface area contributed by atoms with E-state index in [2.05, 4.69) is 197 Å². The maximum Gasteiger partial charge on any atom is 0.238 e. The van der Waals surface area contributed by atoms with Crippen LogP contribution in [0, 0.1) is 0 Å². The zero-order valence-electron chi connectivity index (χ0n) is 33.5. The molecule has 0 radical (unpaired) electrons. The third kappa shape index (κ3) is 5.88. The van der Waals surface area contributed by atoms with Crippen molar-refractivity contribution in [3.05, 3.63) is 218 Å². The van der Waals surface area contributed by atoms with E-state index in [0.717, 1.165) is 94.1 Å². The quantitative estimate of drug-likeness (QED) is 0.161. The molecule has 0 aliphatic heterocycles. The van der Waals surface area contributed by atoms with Gasteiger partial charge in [0.15, 0.2) is 11.6 Å². The molecule has 0 bridgehead atoms. The molecule has 12 rings (SSSR count). The predicted molar refractivity (Wildman–Crippen MR) is 253 cm³/mol. The fourth-order valence-corrected chi connectivity index (χ4v) is 8.98. The van der Waals surface area contributed by atoms with Crippen molar-refractivity contribution in [3.63, 3.8) is 0 Å². The van der Waals surface area contributed by atoms with Gasteiger partial charge in [0, 0.05) is 43.8 Å². The highest BCUT2D eigenvalue weighted by molar-refractivity contribution is 6.24. The van der Waals surface area contributed by atoms with Crippen LogP contribution >= 0.6 is 0 Å². The lowest BCUT2D eigenvalue weighted by molar-refractivity contribution is 0.953. The Morgan fingerprint density at radius 3 is 1.50 bits per heavy atom. The minimum absolute atomic E-state index is 0.542. The number of nitrogens with zero attached hydrogens (tertiary/aromatic N) is 6. The Labute approximate surface area is 357 Å². The molecule has 62 heavy (non-hydrogen) atoms. The normalized spacial score (nSPS) is 11.5.